The van der Waals surface area contributed by atoms with Crippen molar-refractivity contribution in [2.45, 2.75) is 33.7 Å². The Balaban J connectivity index is 4.14. The van der Waals surface area contributed by atoms with Crippen molar-refractivity contribution in [3.05, 3.63) is 0 Å². The summed E-state index contributed by atoms with van der Waals surface area (Å²) in [5.41, 5.74) is -0.0298. The first-order valence-corrected chi connectivity index (χ1v) is 5.30. The molecule has 0 saturated heterocycles. The summed E-state index contributed by atoms with van der Waals surface area (Å²) in [6.07, 6.45) is 0. The van der Waals surface area contributed by atoms with Crippen LogP contribution in [-0.2, 0) is 4.74 Å². The van der Waals surface area contributed by atoms with Crippen molar-refractivity contribution >= 4 is 0 Å². The first kappa shape index (κ1) is 13.9. The molecule has 0 spiro atoms. The quantitative estimate of drug-likeness (QED) is 0.678. The largest absolute Gasteiger partial charge is 0.396 e. The lowest BCUT2D eigenvalue weighted by atomic mass is 9.93. The molecular weight excluding hydrogens is 178 g/mol. The number of hydrogen-bond donors (Lipinski definition) is 1. The molecule has 1 N–H and O–H groups in total. The fourth-order valence-corrected chi connectivity index (χ4v) is 1.53. The van der Waals surface area contributed by atoms with Crippen LogP contribution in [0.25, 0.3) is 0 Å². The number of ether oxygens (including phenoxy) is 1. The molecule has 0 aliphatic rings. The van der Waals surface area contributed by atoms with E-state index in [1.165, 1.54) is 0 Å². The van der Waals surface area contributed by atoms with Gasteiger partial charge in [0.2, 0.25) is 0 Å². The van der Waals surface area contributed by atoms with Gasteiger partial charge < -0.3 is 9.84 Å². The predicted molar refractivity (Wildman–Crippen MR) is 59.5 cm³/mol. The summed E-state index contributed by atoms with van der Waals surface area (Å²) >= 11 is 0. The van der Waals surface area contributed by atoms with Gasteiger partial charge in [-0.05, 0) is 13.5 Å². The van der Waals surface area contributed by atoms with Crippen molar-refractivity contribution in [2.75, 3.05) is 33.4 Å². The number of rotatable bonds is 7. The Labute approximate surface area is 88.1 Å². The molecule has 0 bridgehead atoms. The van der Waals surface area contributed by atoms with Crippen LogP contribution < -0.4 is 0 Å². The number of nitrogens with zero attached hydrogens (tertiary/aromatic N) is 1. The van der Waals surface area contributed by atoms with E-state index in [-0.39, 0.29) is 12.0 Å². The third kappa shape index (κ3) is 4.94. The number of likely N-dealkylation sites (N-methyl/N-ethyl adjacent to an activating group) is 1. The molecule has 1 unspecified atom stereocenters. The van der Waals surface area contributed by atoms with Gasteiger partial charge in [0.25, 0.3) is 0 Å². The number of hydrogen-bond acceptors (Lipinski definition) is 3. The summed E-state index contributed by atoms with van der Waals surface area (Å²) in [5, 5.41) is 9.19. The smallest absolute Gasteiger partial charge is 0.0615 e. The van der Waals surface area contributed by atoms with Crippen LogP contribution in [0.4, 0.5) is 0 Å². The number of aliphatic hydroxyl groups is 1. The molecule has 0 aliphatic heterocycles. The van der Waals surface area contributed by atoms with Crippen LogP contribution in [0.2, 0.25) is 0 Å². The Morgan fingerprint density at radius 2 is 2.00 bits per heavy atom. The molecule has 0 aromatic heterocycles. The molecule has 86 valence electrons. The van der Waals surface area contributed by atoms with E-state index in [0.717, 1.165) is 19.7 Å². The summed E-state index contributed by atoms with van der Waals surface area (Å²) < 4.78 is 5.13. The molecule has 3 nitrogen and oxygen atoms in total. The van der Waals surface area contributed by atoms with Gasteiger partial charge in [0.1, 0.15) is 0 Å². The highest BCUT2D eigenvalue weighted by Crippen LogP contribution is 2.17. The molecule has 0 heterocycles. The fourth-order valence-electron chi connectivity index (χ4n) is 1.53. The van der Waals surface area contributed by atoms with E-state index in [4.69, 9.17) is 4.74 Å². The minimum atomic E-state index is -0.0298. The van der Waals surface area contributed by atoms with Crippen molar-refractivity contribution in [3.8, 4) is 0 Å². The fraction of sp³-hybridized carbons (Fsp3) is 1.00. The monoisotopic (exact) mass is 203 g/mol. The molecular formula is C11H25NO2. The van der Waals surface area contributed by atoms with E-state index >= 15 is 0 Å². The topological polar surface area (TPSA) is 32.7 Å². The lowest BCUT2D eigenvalue weighted by Crippen LogP contribution is -2.43. The van der Waals surface area contributed by atoms with Gasteiger partial charge in [0, 0.05) is 31.7 Å². The molecule has 0 amide bonds. The van der Waals surface area contributed by atoms with Crippen molar-refractivity contribution in [3.63, 3.8) is 0 Å². The summed E-state index contributed by atoms with van der Waals surface area (Å²) in [4.78, 5) is 2.33. The van der Waals surface area contributed by atoms with Gasteiger partial charge in [-0.25, -0.2) is 0 Å². The van der Waals surface area contributed by atoms with E-state index in [2.05, 4.69) is 32.6 Å². The second-order valence-electron chi connectivity index (χ2n) is 4.69. The summed E-state index contributed by atoms with van der Waals surface area (Å²) in [5.74, 6) is 0. The number of aliphatic hydroxyl groups excluding tert-OH is 1. The molecule has 3 heteroatoms. The van der Waals surface area contributed by atoms with Crippen LogP contribution in [-0.4, -0.2) is 49.5 Å². The average Bonchev–Trinajstić information content (AvgIpc) is 2.14. The van der Waals surface area contributed by atoms with Crippen LogP contribution in [0.5, 0.6) is 0 Å². The molecule has 0 fully saturated rings. The van der Waals surface area contributed by atoms with Gasteiger partial charge >= 0.3 is 0 Å². The number of methoxy groups -OCH3 is 1. The molecule has 14 heavy (non-hydrogen) atoms. The Morgan fingerprint density at radius 3 is 2.36 bits per heavy atom. The second kappa shape index (κ2) is 6.38. The maximum Gasteiger partial charge on any atom is 0.0615 e. The summed E-state index contributed by atoms with van der Waals surface area (Å²) in [7, 11) is 1.72. The Kier molecular flexibility index (Phi) is 6.33. The zero-order valence-corrected chi connectivity index (χ0v) is 10.2. The maximum absolute atomic E-state index is 9.19. The van der Waals surface area contributed by atoms with Crippen LogP contribution in [0.1, 0.15) is 27.7 Å². The summed E-state index contributed by atoms with van der Waals surface area (Å²) in [6.45, 7) is 11.3. The highest BCUT2D eigenvalue weighted by Gasteiger charge is 2.22. The first-order valence-electron chi connectivity index (χ1n) is 5.30. The van der Waals surface area contributed by atoms with Gasteiger partial charge in [-0.2, -0.15) is 0 Å². The molecule has 1 atom stereocenters. The maximum atomic E-state index is 9.19. The van der Waals surface area contributed by atoms with E-state index in [9.17, 15) is 5.11 Å². The first-order chi connectivity index (χ1) is 6.46. The zero-order valence-electron chi connectivity index (χ0n) is 10.2. The molecule has 0 aromatic rings. The highest BCUT2D eigenvalue weighted by atomic mass is 16.5. The van der Waals surface area contributed by atoms with Gasteiger partial charge in [-0.15, -0.1) is 0 Å². The minimum absolute atomic E-state index is 0.0298. The van der Waals surface area contributed by atoms with E-state index in [1.54, 1.807) is 7.11 Å². The van der Waals surface area contributed by atoms with Crippen LogP contribution in [0.3, 0.4) is 0 Å². The Morgan fingerprint density at radius 1 is 1.43 bits per heavy atom. The van der Waals surface area contributed by atoms with Crippen LogP contribution >= 0.6 is 0 Å². The van der Waals surface area contributed by atoms with E-state index < -0.39 is 0 Å². The van der Waals surface area contributed by atoms with Crippen molar-refractivity contribution in [1.82, 2.24) is 4.90 Å². The van der Waals surface area contributed by atoms with Gasteiger partial charge in [-0.3, -0.25) is 4.90 Å². The van der Waals surface area contributed by atoms with E-state index in [0.29, 0.717) is 6.04 Å². The molecule has 0 rings (SSSR count). The third-order valence-corrected chi connectivity index (χ3v) is 2.50. The standard InChI is InChI=1S/C11H25NO2/c1-6-12(10(2)7-14-5)8-11(3,4)9-13/h10,13H,6-9H2,1-5H3. The van der Waals surface area contributed by atoms with Crippen molar-refractivity contribution < 1.29 is 9.84 Å². The lowest BCUT2D eigenvalue weighted by molar-refractivity contribution is 0.0528. The highest BCUT2D eigenvalue weighted by molar-refractivity contribution is 4.75. The Bertz CT molecular complexity index is 148. The lowest BCUT2D eigenvalue weighted by Gasteiger charge is -2.34. The van der Waals surface area contributed by atoms with Gasteiger partial charge in [0.05, 0.1) is 6.61 Å². The normalized spacial score (nSPS) is 14.8. The van der Waals surface area contributed by atoms with Gasteiger partial charge in [0.15, 0.2) is 0 Å². The molecule has 0 aromatic carbocycles. The SMILES string of the molecule is CCN(CC(C)(C)CO)C(C)COC. The summed E-state index contributed by atoms with van der Waals surface area (Å²) in [6, 6.07) is 0.413. The average molecular weight is 203 g/mol. The molecule has 0 aliphatic carbocycles. The van der Waals surface area contributed by atoms with E-state index in [1.807, 2.05) is 0 Å². The van der Waals surface area contributed by atoms with Crippen molar-refractivity contribution in [2.24, 2.45) is 5.41 Å². The second-order valence-corrected chi connectivity index (χ2v) is 4.69. The zero-order chi connectivity index (χ0) is 11.2. The predicted octanol–water partition coefficient (Wildman–Crippen LogP) is 1.36. The third-order valence-electron chi connectivity index (χ3n) is 2.50. The Hall–Kier alpha value is -0.120. The van der Waals surface area contributed by atoms with Crippen LogP contribution in [0.15, 0.2) is 0 Å². The van der Waals surface area contributed by atoms with Gasteiger partial charge in [-0.1, -0.05) is 20.8 Å². The molecule has 0 saturated carbocycles. The van der Waals surface area contributed by atoms with Crippen LogP contribution in [0, 0.1) is 5.41 Å². The van der Waals surface area contributed by atoms with Crippen molar-refractivity contribution in [1.29, 1.82) is 0 Å². The minimum Gasteiger partial charge on any atom is -0.396 e. The molecule has 0 radical (unpaired) electrons.